The van der Waals surface area contributed by atoms with Crippen molar-refractivity contribution >= 4 is 18.4 Å². The van der Waals surface area contributed by atoms with Gasteiger partial charge in [-0.25, -0.2) is 4.79 Å². The molecule has 0 heterocycles. The number of nitrogens with zero attached hydrogens (tertiary/aromatic N) is 1. The first-order valence-electron chi connectivity index (χ1n) is 3.46. The molecule has 0 saturated carbocycles. The molecule has 0 amide bonds. The molecule has 0 aromatic carbocycles. The molecule has 0 rings (SSSR count). The van der Waals surface area contributed by atoms with Crippen LogP contribution in [-0.2, 0) is 4.79 Å². The first kappa shape index (κ1) is 15.7. The van der Waals surface area contributed by atoms with E-state index >= 15 is 0 Å². The number of halogens is 4. The topological polar surface area (TPSA) is 40.5 Å². The molecule has 0 spiro atoms. The number of hydrogen-bond acceptors (Lipinski definition) is 2. The summed E-state index contributed by atoms with van der Waals surface area (Å²) in [4.78, 5) is 10.9. The quantitative estimate of drug-likeness (QED) is 0.749. The summed E-state index contributed by atoms with van der Waals surface area (Å²) in [6.07, 6.45) is -2.27. The maximum atomic E-state index is 11.7. The predicted octanol–water partition coefficient (Wildman–Crippen LogP) is 1.54. The molecule has 0 bridgehead atoms. The lowest BCUT2D eigenvalue weighted by molar-refractivity contribution is -0.141. The second-order valence-corrected chi connectivity index (χ2v) is 2.55. The van der Waals surface area contributed by atoms with Crippen LogP contribution in [0.25, 0.3) is 0 Å². The normalized spacial score (nSPS) is 11.8. The van der Waals surface area contributed by atoms with Gasteiger partial charge in [0.25, 0.3) is 0 Å². The molecule has 0 aromatic rings. The zero-order valence-corrected chi connectivity index (χ0v) is 8.23. The highest BCUT2D eigenvalue weighted by molar-refractivity contribution is 5.85. The van der Waals surface area contributed by atoms with Crippen LogP contribution in [0.4, 0.5) is 13.2 Å². The fourth-order valence-electron chi connectivity index (χ4n) is 0.704. The minimum atomic E-state index is -4.24. The van der Waals surface area contributed by atoms with E-state index < -0.39 is 18.7 Å². The van der Waals surface area contributed by atoms with Gasteiger partial charge in [-0.2, -0.15) is 13.2 Å². The molecule has 0 radical (unpaired) electrons. The molecular formula is C7H11ClF3NO2. The summed E-state index contributed by atoms with van der Waals surface area (Å²) in [7, 11) is 1.26. The summed E-state index contributed by atoms with van der Waals surface area (Å²) in [5, 5.41) is 8.13. The van der Waals surface area contributed by atoms with Gasteiger partial charge < -0.3 is 5.11 Å². The van der Waals surface area contributed by atoms with Crippen LogP contribution in [0.15, 0.2) is 12.2 Å². The maximum Gasteiger partial charge on any atom is 0.401 e. The van der Waals surface area contributed by atoms with Crippen molar-refractivity contribution in [2.24, 2.45) is 0 Å². The summed E-state index contributed by atoms with van der Waals surface area (Å²) in [6, 6.07) is 0. The molecule has 0 fully saturated rings. The Bertz CT molecular complexity index is 206. The molecule has 7 heteroatoms. The number of aliphatic carboxylic acids is 1. The van der Waals surface area contributed by atoms with Crippen LogP contribution in [0.1, 0.15) is 0 Å². The summed E-state index contributed by atoms with van der Waals surface area (Å²) in [5.41, 5.74) is 0. The van der Waals surface area contributed by atoms with Gasteiger partial charge in [-0.1, -0.05) is 6.08 Å². The van der Waals surface area contributed by atoms with Crippen LogP contribution in [0.5, 0.6) is 0 Å². The van der Waals surface area contributed by atoms with Crippen LogP contribution in [0.2, 0.25) is 0 Å². The van der Waals surface area contributed by atoms with Crippen molar-refractivity contribution in [3.8, 4) is 0 Å². The van der Waals surface area contributed by atoms with Gasteiger partial charge in [0.05, 0.1) is 6.54 Å². The van der Waals surface area contributed by atoms with E-state index in [0.29, 0.717) is 0 Å². The number of carbonyl (C=O) groups is 1. The second-order valence-electron chi connectivity index (χ2n) is 2.55. The van der Waals surface area contributed by atoms with Gasteiger partial charge in [-0.05, 0) is 7.05 Å². The summed E-state index contributed by atoms with van der Waals surface area (Å²) in [5.74, 6) is -1.17. The zero-order valence-electron chi connectivity index (χ0n) is 7.41. The minimum absolute atomic E-state index is 0. The summed E-state index contributed by atoms with van der Waals surface area (Å²) < 4.78 is 35.1. The highest BCUT2D eigenvalue weighted by Gasteiger charge is 2.28. The highest BCUT2D eigenvalue weighted by atomic mass is 35.5. The Morgan fingerprint density at radius 1 is 1.50 bits per heavy atom. The number of likely N-dealkylation sites (N-methyl/N-ethyl adjacent to an activating group) is 1. The Morgan fingerprint density at radius 2 is 2.00 bits per heavy atom. The van der Waals surface area contributed by atoms with E-state index in [9.17, 15) is 18.0 Å². The molecule has 0 unspecified atom stereocenters. The van der Waals surface area contributed by atoms with Gasteiger partial charge in [0.1, 0.15) is 0 Å². The van der Waals surface area contributed by atoms with Crippen molar-refractivity contribution in [2.75, 3.05) is 20.1 Å². The van der Waals surface area contributed by atoms with E-state index in [1.54, 1.807) is 0 Å². The number of carboxylic acid groups (broad SMARTS) is 1. The minimum Gasteiger partial charge on any atom is -0.478 e. The second kappa shape index (κ2) is 6.67. The highest BCUT2D eigenvalue weighted by Crippen LogP contribution is 2.15. The fraction of sp³-hybridized carbons (Fsp3) is 0.571. The van der Waals surface area contributed by atoms with E-state index in [1.807, 2.05) is 0 Å². The lowest BCUT2D eigenvalue weighted by Crippen LogP contribution is -2.31. The van der Waals surface area contributed by atoms with Crippen LogP contribution < -0.4 is 0 Å². The first-order chi connectivity index (χ1) is 5.81. The number of rotatable bonds is 4. The molecule has 1 N–H and O–H groups in total. The lowest BCUT2D eigenvalue weighted by atomic mass is 10.4. The predicted molar refractivity (Wildman–Crippen MR) is 47.6 cm³/mol. The number of hydrogen-bond donors (Lipinski definition) is 1. The van der Waals surface area contributed by atoms with Crippen molar-refractivity contribution in [1.29, 1.82) is 0 Å². The Kier molecular flexibility index (Phi) is 7.48. The molecule has 0 aliphatic heterocycles. The largest absolute Gasteiger partial charge is 0.478 e. The molecular weight excluding hydrogens is 223 g/mol. The molecule has 14 heavy (non-hydrogen) atoms. The Morgan fingerprint density at radius 3 is 2.36 bits per heavy atom. The van der Waals surface area contributed by atoms with Gasteiger partial charge in [-0.3, -0.25) is 4.90 Å². The molecule has 3 nitrogen and oxygen atoms in total. The van der Waals surface area contributed by atoms with Crippen molar-refractivity contribution in [3.05, 3.63) is 12.2 Å². The third-order valence-corrected chi connectivity index (χ3v) is 1.13. The van der Waals surface area contributed by atoms with Gasteiger partial charge in [0.2, 0.25) is 0 Å². The van der Waals surface area contributed by atoms with E-state index in [0.717, 1.165) is 17.1 Å². The van der Waals surface area contributed by atoms with Gasteiger partial charge in [-0.15, -0.1) is 12.4 Å². The Balaban J connectivity index is 0. The van der Waals surface area contributed by atoms with Crippen LogP contribution >= 0.6 is 12.4 Å². The monoisotopic (exact) mass is 233 g/mol. The van der Waals surface area contributed by atoms with Crippen LogP contribution in [0, 0.1) is 0 Å². The van der Waals surface area contributed by atoms with Gasteiger partial charge >= 0.3 is 12.1 Å². The average molecular weight is 234 g/mol. The standard InChI is InChI=1S/C7H10F3NO2.ClH/c1-11(5-7(8,9)10)4-2-3-6(12)13;/h2-3H,4-5H2,1H3,(H,12,13);1H. The van der Waals surface area contributed by atoms with Crippen LogP contribution in [-0.4, -0.2) is 42.3 Å². The third kappa shape index (κ3) is 11.2. The lowest BCUT2D eigenvalue weighted by Gasteiger charge is -2.15. The molecule has 0 aliphatic rings. The zero-order chi connectivity index (χ0) is 10.5. The molecule has 0 atom stereocenters. The molecule has 0 saturated heterocycles. The summed E-state index contributed by atoms with van der Waals surface area (Å²) >= 11 is 0. The Labute approximate surface area is 85.6 Å². The van der Waals surface area contributed by atoms with E-state index in [1.165, 1.54) is 7.05 Å². The Hall–Kier alpha value is -0.750. The van der Waals surface area contributed by atoms with Gasteiger partial charge in [0.15, 0.2) is 0 Å². The van der Waals surface area contributed by atoms with Crippen LogP contribution in [0.3, 0.4) is 0 Å². The maximum absolute atomic E-state index is 11.7. The third-order valence-electron chi connectivity index (χ3n) is 1.13. The van der Waals surface area contributed by atoms with E-state index in [-0.39, 0.29) is 19.0 Å². The van der Waals surface area contributed by atoms with Crippen molar-refractivity contribution in [2.45, 2.75) is 6.18 Å². The number of alkyl halides is 3. The van der Waals surface area contributed by atoms with Crippen molar-refractivity contribution in [3.63, 3.8) is 0 Å². The SMILES string of the molecule is CN(CC=CC(=O)O)CC(F)(F)F.Cl. The smallest absolute Gasteiger partial charge is 0.401 e. The fourth-order valence-corrected chi connectivity index (χ4v) is 0.704. The van der Waals surface area contributed by atoms with E-state index in [2.05, 4.69) is 0 Å². The van der Waals surface area contributed by atoms with E-state index in [4.69, 9.17) is 5.11 Å². The van der Waals surface area contributed by atoms with Crippen molar-refractivity contribution < 1.29 is 23.1 Å². The first-order valence-corrected chi connectivity index (χ1v) is 3.46. The molecule has 0 aromatic heterocycles. The molecule has 0 aliphatic carbocycles. The average Bonchev–Trinajstić information content (AvgIpc) is 1.81. The summed E-state index contributed by atoms with van der Waals surface area (Å²) in [6.45, 7) is -1.08. The van der Waals surface area contributed by atoms with Crippen molar-refractivity contribution in [1.82, 2.24) is 4.90 Å². The number of carboxylic acids is 1. The molecule has 84 valence electrons. The van der Waals surface area contributed by atoms with Gasteiger partial charge in [0, 0.05) is 12.6 Å².